The van der Waals surface area contributed by atoms with Crippen molar-refractivity contribution in [1.82, 2.24) is 0 Å². The Hall–Kier alpha value is -1.57. The lowest BCUT2D eigenvalue weighted by molar-refractivity contribution is -0.148. The number of hydrogen-bond acceptors (Lipinski definition) is 2. The van der Waals surface area contributed by atoms with Crippen LogP contribution in [0.3, 0.4) is 0 Å². The summed E-state index contributed by atoms with van der Waals surface area (Å²) in [7, 11) is 0. The van der Waals surface area contributed by atoms with Crippen LogP contribution in [0.2, 0.25) is 0 Å². The van der Waals surface area contributed by atoms with Gasteiger partial charge in [0.1, 0.15) is 6.10 Å². The van der Waals surface area contributed by atoms with Crippen LogP contribution in [0.1, 0.15) is 32.8 Å². The summed E-state index contributed by atoms with van der Waals surface area (Å²) in [5, 5.41) is 0. The first-order chi connectivity index (χ1) is 8.13. The summed E-state index contributed by atoms with van der Waals surface area (Å²) in [6.07, 6.45) is 4.21. The average Bonchev–Trinajstić information content (AvgIpc) is 2.35. The Labute approximate surface area is 103 Å². The molecule has 0 N–H and O–H groups in total. The van der Waals surface area contributed by atoms with E-state index in [4.69, 9.17) is 4.74 Å². The summed E-state index contributed by atoms with van der Waals surface area (Å²) >= 11 is 0. The molecule has 0 aliphatic rings. The van der Waals surface area contributed by atoms with E-state index in [1.54, 1.807) is 6.92 Å². The number of carbonyl (C=O) groups is 1. The number of benzene rings is 1. The first-order valence-corrected chi connectivity index (χ1v) is 6.06. The van der Waals surface area contributed by atoms with Crippen LogP contribution in [0.5, 0.6) is 0 Å². The molecule has 17 heavy (non-hydrogen) atoms. The van der Waals surface area contributed by atoms with E-state index in [0.29, 0.717) is 6.42 Å². The second kappa shape index (κ2) is 6.89. The van der Waals surface area contributed by atoms with Crippen molar-refractivity contribution in [1.29, 1.82) is 0 Å². The Morgan fingerprint density at radius 2 is 1.94 bits per heavy atom. The van der Waals surface area contributed by atoms with Crippen molar-refractivity contribution in [2.45, 2.75) is 33.3 Å². The van der Waals surface area contributed by atoms with Crippen LogP contribution < -0.4 is 0 Å². The lowest BCUT2D eigenvalue weighted by Crippen LogP contribution is -2.20. The molecule has 1 aromatic carbocycles. The van der Waals surface area contributed by atoms with E-state index in [1.807, 2.05) is 56.3 Å². The minimum absolute atomic E-state index is 0.150. The van der Waals surface area contributed by atoms with E-state index in [9.17, 15) is 4.79 Å². The normalized spacial score (nSPS) is 12.9. The third-order valence-electron chi connectivity index (χ3n) is 2.49. The van der Waals surface area contributed by atoms with Gasteiger partial charge in [0, 0.05) is 6.42 Å². The van der Waals surface area contributed by atoms with Crippen molar-refractivity contribution in [3.8, 4) is 0 Å². The SMILES string of the molecule is CCC(=O)O[C@@H](/C=C/c1ccccc1)C(C)C. The Kier molecular flexibility index (Phi) is 5.47. The Morgan fingerprint density at radius 3 is 2.47 bits per heavy atom. The fourth-order valence-electron chi connectivity index (χ4n) is 1.40. The zero-order valence-corrected chi connectivity index (χ0v) is 10.7. The minimum atomic E-state index is -0.151. The second-order valence-corrected chi connectivity index (χ2v) is 4.32. The van der Waals surface area contributed by atoms with Crippen molar-refractivity contribution in [3.05, 3.63) is 42.0 Å². The van der Waals surface area contributed by atoms with Crippen molar-refractivity contribution in [2.24, 2.45) is 5.92 Å². The smallest absolute Gasteiger partial charge is 0.306 e. The molecule has 0 aliphatic carbocycles. The summed E-state index contributed by atoms with van der Waals surface area (Å²) in [4.78, 5) is 11.3. The monoisotopic (exact) mass is 232 g/mol. The van der Waals surface area contributed by atoms with E-state index in [2.05, 4.69) is 0 Å². The van der Waals surface area contributed by atoms with Gasteiger partial charge < -0.3 is 4.74 Å². The summed E-state index contributed by atoms with van der Waals surface area (Å²) in [6.45, 7) is 5.90. The Morgan fingerprint density at radius 1 is 1.29 bits per heavy atom. The van der Waals surface area contributed by atoms with E-state index < -0.39 is 0 Å². The third kappa shape index (κ3) is 4.85. The van der Waals surface area contributed by atoms with Gasteiger partial charge in [0.25, 0.3) is 0 Å². The number of ether oxygens (including phenoxy) is 1. The molecule has 0 bridgehead atoms. The molecule has 0 radical (unpaired) electrons. The van der Waals surface area contributed by atoms with Crippen LogP contribution in [-0.2, 0) is 9.53 Å². The van der Waals surface area contributed by atoms with E-state index in [1.165, 1.54) is 0 Å². The lowest BCUT2D eigenvalue weighted by atomic mass is 10.1. The topological polar surface area (TPSA) is 26.3 Å². The van der Waals surface area contributed by atoms with Gasteiger partial charge in [0.15, 0.2) is 0 Å². The van der Waals surface area contributed by atoms with Crippen LogP contribution >= 0.6 is 0 Å². The van der Waals surface area contributed by atoms with Gasteiger partial charge in [-0.2, -0.15) is 0 Å². The zero-order chi connectivity index (χ0) is 12.7. The summed E-state index contributed by atoms with van der Waals surface area (Å²) in [5.41, 5.74) is 1.12. The van der Waals surface area contributed by atoms with Crippen LogP contribution in [-0.4, -0.2) is 12.1 Å². The molecule has 1 rings (SSSR count). The van der Waals surface area contributed by atoms with Gasteiger partial charge in [-0.15, -0.1) is 0 Å². The molecule has 1 atom stereocenters. The molecule has 0 spiro atoms. The van der Waals surface area contributed by atoms with Crippen molar-refractivity contribution in [3.63, 3.8) is 0 Å². The first kappa shape index (κ1) is 13.5. The fraction of sp³-hybridized carbons (Fsp3) is 0.400. The maximum absolute atomic E-state index is 11.3. The number of rotatable bonds is 5. The Bertz CT molecular complexity index is 366. The molecule has 92 valence electrons. The Balaban J connectivity index is 2.67. The molecule has 1 aromatic rings. The van der Waals surface area contributed by atoms with Crippen LogP contribution in [0.25, 0.3) is 6.08 Å². The zero-order valence-electron chi connectivity index (χ0n) is 10.7. The highest BCUT2D eigenvalue weighted by molar-refractivity contribution is 5.69. The minimum Gasteiger partial charge on any atom is -0.458 e. The quantitative estimate of drug-likeness (QED) is 0.724. The fourth-order valence-corrected chi connectivity index (χ4v) is 1.40. The second-order valence-electron chi connectivity index (χ2n) is 4.32. The highest BCUT2D eigenvalue weighted by atomic mass is 16.5. The van der Waals surface area contributed by atoms with Crippen LogP contribution in [0, 0.1) is 5.92 Å². The van der Waals surface area contributed by atoms with Gasteiger partial charge in [-0.05, 0) is 17.6 Å². The summed E-state index contributed by atoms with van der Waals surface area (Å²) in [6, 6.07) is 10.0. The van der Waals surface area contributed by atoms with Crippen molar-refractivity contribution in [2.75, 3.05) is 0 Å². The van der Waals surface area contributed by atoms with Gasteiger partial charge in [-0.3, -0.25) is 4.79 Å². The highest BCUT2D eigenvalue weighted by Gasteiger charge is 2.13. The predicted molar refractivity (Wildman–Crippen MR) is 70.5 cm³/mol. The van der Waals surface area contributed by atoms with Crippen LogP contribution in [0.4, 0.5) is 0 Å². The molecule has 2 nitrogen and oxygen atoms in total. The maximum atomic E-state index is 11.3. The molecule has 0 aromatic heterocycles. The lowest BCUT2D eigenvalue weighted by Gasteiger charge is -2.17. The van der Waals surface area contributed by atoms with E-state index in [-0.39, 0.29) is 18.0 Å². The number of carbonyl (C=O) groups excluding carboxylic acids is 1. The molecular formula is C15H20O2. The van der Waals surface area contributed by atoms with Crippen molar-refractivity contribution >= 4 is 12.0 Å². The van der Waals surface area contributed by atoms with E-state index >= 15 is 0 Å². The summed E-state index contributed by atoms with van der Waals surface area (Å²) in [5.74, 6) is 0.131. The molecule has 0 amide bonds. The van der Waals surface area contributed by atoms with E-state index in [0.717, 1.165) is 5.56 Å². The standard InChI is InChI=1S/C15H20O2/c1-4-15(16)17-14(12(2)3)11-10-13-8-6-5-7-9-13/h5-12,14H,4H2,1-3H3/b11-10+/t14-/m0/s1. The first-order valence-electron chi connectivity index (χ1n) is 6.06. The molecule has 0 fully saturated rings. The van der Waals surface area contributed by atoms with Gasteiger partial charge in [-0.25, -0.2) is 0 Å². The molecule has 2 heteroatoms. The largest absolute Gasteiger partial charge is 0.458 e. The van der Waals surface area contributed by atoms with Gasteiger partial charge >= 0.3 is 5.97 Å². The molecule has 0 saturated heterocycles. The molecule has 0 saturated carbocycles. The average molecular weight is 232 g/mol. The third-order valence-corrected chi connectivity index (χ3v) is 2.49. The van der Waals surface area contributed by atoms with Gasteiger partial charge in [-0.1, -0.05) is 57.2 Å². The predicted octanol–water partition coefficient (Wildman–Crippen LogP) is 3.68. The van der Waals surface area contributed by atoms with Gasteiger partial charge in [0.05, 0.1) is 0 Å². The maximum Gasteiger partial charge on any atom is 0.306 e. The van der Waals surface area contributed by atoms with Gasteiger partial charge in [0.2, 0.25) is 0 Å². The number of esters is 1. The molecule has 0 heterocycles. The molecule has 0 aliphatic heterocycles. The molecular weight excluding hydrogens is 212 g/mol. The van der Waals surface area contributed by atoms with Crippen LogP contribution in [0.15, 0.2) is 36.4 Å². The number of hydrogen-bond donors (Lipinski definition) is 0. The summed E-state index contributed by atoms with van der Waals surface area (Å²) < 4.78 is 5.36. The highest BCUT2D eigenvalue weighted by Crippen LogP contribution is 2.12. The van der Waals surface area contributed by atoms with Crippen molar-refractivity contribution < 1.29 is 9.53 Å². The molecule has 0 unspecified atom stereocenters.